The zero-order valence-electron chi connectivity index (χ0n) is 13.4. The Morgan fingerprint density at radius 2 is 1.91 bits per heavy atom. The van der Waals surface area contributed by atoms with E-state index in [-0.39, 0.29) is 5.78 Å². The van der Waals surface area contributed by atoms with Crippen molar-refractivity contribution in [2.45, 2.75) is 44.4 Å². The summed E-state index contributed by atoms with van der Waals surface area (Å²) in [7, 11) is 0. The highest BCUT2D eigenvalue weighted by atomic mass is 35.5. The Labute approximate surface area is 138 Å². The molecule has 2 rings (SSSR count). The zero-order valence-corrected chi connectivity index (χ0v) is 14.1. The first-order valence-corrected chi connectivity index (χ1v) is 8.78. The van der Waals surface area contributed by atoms with E-state index in [0.717, 1.165) is 38.3 Å². The highest BCUT2D eigenvalue weighted by Gasteiger charge is 2.21. The minimum absolute atomic E-state index is 0.00680. The van der Waals surface area contributed by atoms with E-state index in [1.54, 1.807) is 0 Å². The quantitative estimate of drug-likeness (QED) is 0.409. The average Bonchev–Trinajstić information content (AvgIpc) is 2.56. The van der Waals surface area contributed by atoms with Crippen LogP contribution in [0.25, 0.3) is 0 Å². The van der Waals surface area contributed by atoms with Crippen LogP contribution in [-0.2, 0) is 0 Å². The SMILES string of the molecule is CCCCOc1ccc(C(=O)C(Cl)CN2CCCCC2)cc1. The van der Waals surface area contributed by atoms with Crippen molar-refractivity contribution in [3.63, 3.8) is 0 Å². The van der Waals surface area contributed by atoms with E-state index in [1.165, 1.54) is 19.3 Å². The minimum atomic E-state index is -0.468. The molecule has 0 spiro atoms. The monoisotopic (exact) mass is 323 g/mol. The summed E-state index contributed by atoms with van der Waals surface area (Å²) in [5, 5.41) is -0.468. The Morgan fingerprint density at radius 3 is 2.55 bits per heavy atom. The maximum atomic E-state index is 12.4. The van der Waals surface area contributed by atoms with E-state index < -0.39 is 5.38 Å². The summed E-state index contributed by atoms with van der Waals surface area (Å²) in [6.07, 6.45) is 5.86. The van der Waals surface area contributed by atoms with E-state index in [4.69, 9.17) is 16.3 Å². The molecular formula is C18H26ClNO2. The number of rotatable bonds is 8. The van der Waals surface area contributed by atoms with E-state index in [2.05, 4.69) is 11.8 Å². The molecular weight excluding hydrogens is 298 g/mol. The van der Waals surface area contributed by atoms with Gasteiger partial charge in [0.1, 0.15) is 11.1 Å². The highest BCUT2D eigenvalue weighted by Crippen LogP contribution is 2.17. The second-order valence-corrected chi connectivity index (χ2v) is 6.45. The summed E-state index contributed by atoms with van der Waals surface area (Å²) in [4.78, 5) is 14.7. The number of carbonyl (C=O) groups excluding carboxylic acids is 1. The van der Waals surface area contributed by atoms with E-state index in [0.29, 0.717) is 12.1 Å². The van der Waals surface area contributed by atoms with Crippen molar-refractivity contribution in [1.82, 2.24) is 4.90 Å². The van der Waals surface area contributed by atoms with Gasteiger partial charge in [0.05, 0.1) is 6.61 Å². The lowest BCUT2D eigenvalue weighted by atomic mass is 10.1. The van der Waals surface area contributed by atoms with Crippen LogP contribution in [0.2, 0.25) is 0 Å². The first kappa shape index (κ1) is 17.3. The summed E-state index contributed by atoms with van der Waals surface area (Å²) in [5.41, 5.74) is 0.667. The molecule has 1 unspecified atom stereocenters. The standard InChI is InChI=1S/C18H26ClNO2/c1-2-3-13-22-16-9-7-15(8-10-16)18(21)17(19)14-20-11-5-4-6-12-20/h7-10,17H,2-6,11-14H2,1H3. The molecule has 1 aliphatic heterocycles. The number of carbonyl (C=O) groups is 1. The summed E-state index contributed by atoms with van der Waals surface area (Å²) in [6.45, 7) is 5.61. The molecule has 1 fully saturated rings. The van der Waals surface area contributed by atoms with Crippen LogP contribution in [0.15, 0.2) is 24.3 Å². The number of unbranched alkanes of at least 4 members (excludes halogenated alkanes) is 1. The van der Waals surface area contributed by atoms with Gasteiger partial charge in [0.15, 0.2) is 5.78 Å². The van der Waals surface area contributed by atoms with Crippen LogP contribution in [0.3, 0.4) is 0 Å². The molecule has 0 N–H and O–H groups in total. The molecule has 1 saturated heterocycles. The lowest BCUT2D eigenvalue weighted by molar-refractivity contribution is 0.0964. The minimum Gasteiger partial charge on any atom is -0.494 e. The average molecular weight is 324 g/mol. The van der Waals surface area contributed by atoms with Crippen LogP contribution in [0.4, 0.5) is 0 Å². The molecule has 3 nitrogen and oxygen atoms in total. The van der Waals surface area contributed by atoms with Gasteiger partial charge in [-0.25, -0.2) is 0 Å². The van der Waals surface area contributed by atoms with Gasteiger partial charge < -0.3 is 9.64 Å². The fourth-order valence-electron chi connectivity index (χ4n) is 2.68. The van der Waals surface area contributed by atoms with Crippen molar-refractivity contribution in [2.24, 2.45) is 0 Å². The highest BCUT2D eigenvalue weighted by molar-refractivity contribution is 6.34. The van der Waals surface area contributed by atoms with Crippen molar-refractivity contribution in [2.75, 3.05) is 26.2 Å². The van der Waals surface area contributed by atoms with Gasteiger partial charge in [-0.05, 0) is 56.6 Å². The van der Waals surface area contributed by atoms with Gasteiger partial charge in [-0.15, -0.1) is 11.6 Å². The lowest BCUT2D eigenvalue weighted by Crippen LogP contribution is -2.37. The third kappa shape index (κ3) is 5.29. The smallest absolute Gasteiger partial charge is 0.181 e. The van der Waals surface area contributed by atoms with Crippen molar-refractivity contribution in [1.29, 1.82) is 0 Å². The second kappa shape index (κ2) is 9.16. The Bertz CT molecular complexity index is 455. The topological polar surface area (TPSA) is 29.5 Å². The molecule has 4 heteroatoms. The fraction of sp³-hybridized carbons (Fsp3) is 0.611. The van der Waals surface area contributed by atoms with Gasteiger partial charge in [-0.2, -0.15) is 0 Å². The normalized spacial score (nSPS) is 17.2. The number of ether oxygens (including phenoxy) is 1. The third-order valence-corrected chi connectivity index (χ3v) is 4.39. The summed E-state index contributed by atoms with van der Waals surface area (Å²) in [6, 6.07) is 7.34. The maximum Gasteiger partial charge on any atom is 0.181 e. The van der Waals surface area contributed by atoms with Crippen LogP contribution in [0.5, 0.6) is 5.75 Å². The van der Waals surface area contributed by atoms with Crippen LogP contribution >= 0.6 is 11.6 Å². The van der Waals surface area contributed by atoms with Crippen LogP contribution in [0.1, 0.15) is 49.4 Å². The molecule has 0 amide bonds. The molecule has 122 valence electrons. The van der Waals surface area contributed by atoms with Gasteiger partial charge in [0.2, 0.25) is 0 Å². The molecule has 0 aromatic heterocycles. The first-order chi connectivity index (χ1) is 10.7. The number of nitrogens with zero attached hydrogens (tertiary/aromatic N) is 1. The molecule has 1 aromatic carbocycles. The zero-order chi connectivity index (χ0) is 15.8. The van der Waals surface area contributed by atoms with Gasteiger partial charge >= 0.3 is 0 Å². The molecule has 1 heterocycles. The first-order valence-electron chi connectivity index (χ1n) is 8.34. The fourth-order valence-corrected chi connectivity index (χ4v) is 3.00. The van der Waals surface area contributed by atoms with Gasteiger partial charge in [0, 0.05) is 12.1 Å². The van der Waals surface area contributed by atoms with Crippen molar-refractivity contribution in [3.8, 4) is 5.75 Å². The van der Waals surface area contributed by atoms with E-state index in [9.17, 15) is 4.79 Å². The molecule has 0 bridgehead atoms. The molecule has 22 heavy (non-hydrogen) atoms. The number of alkyl halides is 1. The molecule has 0 aliphatic carbocycles. The van der Waals surface area contributed by atoms with Gasteiger partial charge in [0.25, 0.3) is 0 Å². The van der Waals surface area contributed by atoms with Crippen molar-refractivity contribution in [3.05, 3.63) is 29.8 Å². The number of halogens is 1. The number of ketones is 1. The largest absolute Gasteiger partial charge is 0.494 e. The number of piperidine rings is 1. The lowest BCUT2D eigenvalue weighted by Gasteiger charge is -2.27. The molecule has 0 saturated carbocycles. The summed E-state index contributed by atoms with van der Waals surface area (Å²) in [5.74, 6) is 0.819. The van der Waals surface area contributed by atoms with Crippen LogP contribution in [-0.4, -0.2) is 42.3 Å². The summed E-state index contributed by atoms with van der Waals surface area (Å²) >= 11 is 6.32. The molecule has 1 atom stereocenters. The molecule has 1 aromatic rings. The number of likely N-dealkylation sites (tertiary alicyclic amines) is 1. The number of Topliss-reactive ketones (excluding diaryl/α,β-unsaturated/α-hetero) is 1. The van der Waals surface area contributed by atoms with E-state index >= 15 is 0 Å². The third-order valence-electron chi connectivity index (χ3n) is 4.06. The number of hydrogen-bond acceptors (Lipinski definition) is 3. The van der Waals surface area contributed by atoms with Gasteiger partial charge in [-0.1, -0.05) is 19.8 Å². The van der Waals surface area contributed by atoms with Crippen LogP contribution in [0, 0.1) is 0 Å². The predicted molar refractivity (Wildman–Crippen MR) is 91.1 cm³/mol. The maximum absolute atomic E-state index is 12.4. The Hall–Kier alpha value is -1.06. The Balaban J connectivity index is 1.85. The van der Waals surface area contributed by atoms with Crippen molar-refractivity contribution >= 4 is 17.4 Å². The predicted octanol–water partition coefficient (Wildman–Crippen LogP) is 4.14. The van der Waals surface area contributed by atoms with Crippen molar-refractivity contribution < 1.29 is 9.53 Å². The summed E-state index contributed by atoms with van der Waals surface area (Å²) < 4.78 is 5.61. The molecule has 0 radical (unpaired) electrons. The van der Waals surface area contributed by atoms with Gasteiger partial charge in [-0.3, -0.25) is 4.79 Å². The number of hydrogen-bond donors (Lipinski definition) is 0. The molecule has 1 aliphatic rings. The number of benzene rings is 1. The Morgan fingerprint density at radius 1 is 1.23 bits per heavy atom. The Kier molecular flexibility index (Phi) is 7.20. The second-order valence-electron chi connectivity index (χ2n) is 5.92. The van der Waals surface area contributed by atoms with Crippen LogP contribution < -0.4 is 4.74 Å². The van der Waals surface area contributed by atoms with E-state index in [1.807, 2.05) is 24.3 Å².